The molecule has 1 saturated heterocycles. The standard InChI is InChI=1S/C17H26N4OS/c1-17(2,3)15(22)19-16(23)18-13-7-5-6-8-14(13)21-11-9-20(4)10-12-21/h5-8H,9-12H2,1-4H3,(H2,18,19,22,23). The number of amides is 1. The molecule has 0 atom stereocenters. The van der Waals surface area contributed by atoms with E-state index >= 15 is 0 Å². The van der Waals surface area contributed by atoms with Crippen molar-refractivity contribution in [1.29, 1.82) is 0 Å². The van der Waals surface area contributed by atoms with Gasteiger partial charge in [0.1, 0.15) is 0 Å². The van der Waals surface area contributed by atoms with Crippen LogP contribution in [0.25, 0.3) is 0 Å². The third-order valence-corrected chi connectivity index (χ3v) is 4.11. The smallest absolute Gasteiger partial charge is 0.231 e. The second-order valence-electron chi connectivity index (χ2n) is 6.97. The summed E-state index contributed by atoms with van der Waals surface area (Å²) in [5.41, 5.74) is 1.58. The largest absolute Gasteiger partial charge is 0.367 e. The summed E-state index contributed by atoms with van der Waals surface area (Å²) in [5, 5.41) is 6.27. The Morgan fingerprint density at radius 1 is 1.13 bits per heavy atom. The Morgan fingerprint density at radius 3 is 2.35 bits per heavy atom. The first kappa shape index (κ1) is 17.7. The number of benzene rings is 1. The second-order valence-corrected chi connectivity index (χ2v) is 7.37. The van der Waals surface area contributed by atoms with Gasteiger partial charge in [-0.1, -0.05) is 32.9 Å². The Balaban J connectivity index is 2.06. The molecule has 2 N–H and O–H groups in total. The van der Waals surface area contributed by atoms with Crippen molar-refractivity contribution in [3.8, 4) is 0 Å². The average molecular weight is 334 g/mol. The molecule has 1 aliphatic heterocycles. The quantitative estimate of drug-likeness (QED) is 0.813. The van der Waals surface area contributed by atoms with E-state index in [1.165, 1.54) is 0 Å². The molecule has 0 radical (unpaired) electrons. The Hall–Kier alpha value is -1.66. The minimum absolute atomic E-state index is 0.0907. The second kappa shape index (κ2) is 7.27. The molecule has 6 heteroatoms. The molecule has 0 unspecified atom stereocenters. The summed E-state index contributed by atoms with van der Waals surface area (Å²) in [6.45, 7) is 9.64. The first-order valence-electron chi connectivity index (χ1n) is 7.92. The van der Waals surface area contributed by atoms with Gasteiger partial charge in [-0.3, -0.25) is 4.79 Å². The van der Waals surface area contributed by atoms with Crippen LogP contribution >= 0.6 is 12.2 Å². The number of hydrogen-bond donors (Lipinski definition) is 2. The van der Waals surface area contributed by atoms with Gasteiger partial charge in [0.05, 0.1) is 11.4 Å². The highest BCUT2D eigenvalue weighted by Crippen LogP contribution is 2.26. The normalized spacial score (nSPS) is 16.1. The number of anilines is 2. The number of piperazine rings is 1. The third-order valence-electron chi connectivity index (χ3n) is 3.90. The van der Waals surface area contributed by atoms with Crippen LogP contribution in [0.4, 0.5) is 11.4 Å². The van der Waals surface area contributed by atoms with E-state index in [0.717, 1.165) is 37.6 Å². The van der Waals surface area contributed by atoms with Gasteiger partial charge in [0.2, 0.25) is 5.91 Å². The zero-order valence-electron chi connectivity index (χ0n) is 14.3. The number of likely N-dealkylation sites (N-methyl/N-ethyl adjacent to an activating group) is 1. The zero-order valence-corrected chi connectivity index (χ0v) is 15.2. The summed E-state index contributed by atoms with van der Waals surface area (Å²) in [6.07, 6.45) is 0. The number of para-hydroxylation sites is 2. The van der Waals surface area contributed by atoms with E-state index in [-0.39, 0.29) is 5.91 Å². The van der Waals surface area contributed by atoms with Crippen molar-refractivity contribution in [2.75, 3.05) is 43.4 Å². The van der Waals surface area contributed by atoms with E-state index in [0.29, 0.717) is 5.11 Å². The van der Waals surface area contributed by atoms with Gasteiger partial charge in [0.15, 0.2) is 5.11 Å². The monoisotopic (exact) mass is 334 g/mol. The van der Waals surface area contributed by atoms with Crippen LogP contribution in [0, 0.1) is 5.41 Å². The van der Waals surface area contributed by atoms with Crippen LogP contribution in [-0.4, -0.2) is 49.1 Å². The lowest BCUT2D eigenvalue weighted by Gasteiger charge is -2.35. The fourth-order valence-corrected chi connectivity index (χ4v) is 2.55. The summed E-state index contributed by atoms with van der Waals surface area (Å²) in [7, 11) is 2.14. The molecule has 0 aliphatic carbocycles. The Kier molecular flexibility index (Phi) is 5.59. The number of carbonyl (C=O) groups excluding carboxylic acids is 1. The van der Waals surface area contributed by atoms with Crippen molar-refractivity contribution in [1.82, 2.24) is 10.2 Å². The fraction of sp³-hybridized carbons (Fsp3) is 0.529. The van der Waals surface area contributed by atoms with Crippen molar-refractivity contribution in [2.45, 2.75) is 20.8 Å². The number of carbonyl (C=O) groups is 1. The molecule has 0 spiro atoms. The SMILES string of the molecule is CN1CCN(c2ccccc2NC(=S)NC(=O)C(C)(C)C)CC1. The molecule has 23 heavy (non-hydrogen) atoms. The van der Waals surface area contributed by atoms with Crippen LogP contribution in [0.1, 0.15) is 20.8 Å². The van der Waals surface area contributed by atoms with E-state index in [1.54, 1.807) is 0 Å². The van der Waals surface area contributed by atoms with Crippen LogP contribution in [0.5, 0.6) is 0 Å². The lowest BCUT2D eigenvalue weighted by molar-refractivity contribution is -0.126. The summed E-state index contributed by atoms with van der Waals surface area (Å²) in [6, 6.07) is 8.07. The minimum Gasteiger partial charge on any atom is -0.367 e. The van der Waals surface area contributed by atoms with Gasteiger partial charge < -0.3 is 20.4 Å². The summed E-state index contributed by atoms with van der Waals surface area (Å²) in [4.78, 5) is 16.7. The first-order chi connectivity index (χ1) is 10.8. The highest BCUT2D eigenvalue weighted by atomic mass is 32.1. The van der Waals surface area contributed by atoms with E-state index in [1.807, 2.05) is 39.0 Å². The number of nitrogens with zero attached hydrogens (tertiary/aromatic N) is 2. The summed E-state index contributed by atoms with van der Waals surface area (Å²) < 4.78 is 0. The molecule has 1 fully saturated rings. The van der Waals surface area contributed by atoms with Crippen LogP contribution in [0.15, 0.2) is 24.3 Å². The maximum Gasteiger partial charge on any atom is 0.231 e. The zero-order chi connectivity index (χ0) is 17.0. The Labute approximate surface area is 144 Å². The van der Waals surface area contributed by atoms with Crippen LogP contribution in [0.2, 0.25) is 0 Å². The van der Waals surface area contributed by atoms with Gasteiger partial charge in [0, 0.05) is 31.6 Å². The predicted octanol–water partition coefficient (Wildman–Crippen LogP) is 2.30. The van der Waals surface area contributed by atoms with Gasteiger partial charge in [-0.05, 0) is 31.4 Å². The van der Waals surface area contributed by atoms with Crippen LogP contribution in [0.3, 0.4) is 0 Å². The molecule has 1 aromatic carbocycles. The minimum atomic E-state index is -0.470. The number of nitrogens with one attached hydrogen (secondary N) is 2. The molecule has 1 amide bonds. The van der Waals surface area contributed by atoms with Crippen molar-refractivity contribution < 1.29 is 4.79 Å². The van der Waals surface area contributed by atoms with Gasteiger partial charge in [-0.15, -0.1) is 0 Å². The van der Waals surface area contributed by atoms with Crippen molar-refractivity contribution in [2.24, 2.45) is 5.41 Å². The summed E-state index contributed by atoms with van der Waals surface area (Å²) >= 11 is 5.29. The molecule has 1 aliphatic rings. The van der Waals surface area contributed by atoms with Gasteiger partial charge in [-0.25, -0.2) is 0 Å². The lowest BCUT2D eigenvalue weighted by Crippen LogP contribution is -2.45. The molecule has 126 valence electrons. The molecule has 0 saturated carbocycles. The highest BCUT2D eigenvalue weighted by molar-refractivity contribution is 7.80. The average Bonchev–Trinajstić information content (AvgIpc) is 2.47. The maximum absolute atomic E-state index is 12.0. The molecular weight excluding hydrogens is 308 g/mol. The van der Waals surface area contributed by atoms with Crippen molar-refractivity contribution >= 4 is 34.6 Å². The predicted molar refractivity (Wildman–Crippen MR) is 100.0 cm³/mol. The lowest BCUT2D eigenvalue weighted by atomic mass is 9.96. The first-order valence-corrected chi connectivity index (χ1v) is 8.33. The Bertz CT molecular complexity index is 574. The van der Waals surface area contributed by atoms with E-state index in [9.17, 15) is 4.79 Å². The molecule has 2 rings (SSSR count). The van der Waals surface area contributed by atoms with Crippen molar-refractivity contribution in [3.63, 3.8) is 0 Å². The van der Waals surface area contributed by atoms with Crippen molar-refractivity contribution in [3.05, 3.63) is 24.3 Å². The molecule has 0 aromatic heterocycles. The molecule has 0 bridgehead atoms. The van der Waals surface area contributed by atoms with Gasteiger partial charge in [0.25, 0.3) is 0 Å². The van der Waals surface area contributed by atoms with Crippen LogP contribution < -0.4 is 15.5 Å². The number of hydrogen-bond acceptors (Lipinski definition) is 4. The highest BCUT2D eigenvalue weighted by Gasteiger charge is 2.22. The summed E-state index contributed by atoms with van der Waals surface area (Å²) in [5.74, 6) is -0.0907. The fourth-order valence-electron chi connectivity index (χ4n) is 2.35. The number of rotatable bonds is 2. The topological polar surface area (TPSA) is 47.6 Å². The molecule has 1 heterocycles. The molecule has 1 aromatic rings. The molecule has 5 nitrogen and oxygen atoms in total. The van der Waals surface area contributed by atoms with E-state index in [2.05, 4.69) is 33.5 Å². The van der Waals surface area contributed by atoms with Gasteiger partial charge >= 0.3 is 0 Å². The molecular formula is C17H26N4OS. The third kappa shape index (κ3) is 4.91. The van der Waals surface area contributed by atoms with Crippen LogP contribution in [-0.2, 0) is 4.79 Å². The van der Waals surface area contributed by atoms with E-state index < -0.39 is 5.41 Å². The van der Waals surface area contributed by atoms with E-state index in [4.69, 9.17) is 12.2 Å². The maximum atomic E-state index is 12.0. The number of thiocarbonyl (C=S) groups is 1. The Morgan fingerprint density at radius 2 is 1.74 bits per heavy atom. The van der Waals surface area contributed by atoms with Gasteiger partial charge in [-0.2, -0.15) is 0 Å².